The van der Waals surface area contributed by atoms with Crippen LogP contribution in [0, 0.1) is 5.92 Å². The highest BCUT2D eigenvalue weighted by molar-refractivity contribution is 7.89. The lowest BCUT2D eigenvalue weighted by Gasteiger charge is -2.42. The summed E-state index contributed by atoms with van der Waals surface area (Å²) >= 11 is 0. The molecule has 0 aliphatic heterocycles. The quantitative estimate of drug-likeness (QED) is 0.736. The van der Waals surface area contributed by atoms with Gasteiger partial charge < -0.3 is 5.73 Å². The highest BCUT2D eigenvalue weighted by atomic mass is 32.2. The minimum atomic E-state index is -3.22. The van der Waals surface area contributed by atoms with Gasteiger partial charge in [0.15, 0.2) is 0 Å². The largest absolute Gasteiger partial charge is 0.329 e. The fourth-order valence-corrected chi connectivity index (χ4v) is 5.66. The van der Waals surface area contributed by atoms with Crippen molar-refractivity contribution in [3.8, 4) is 0 Å². The molecule has 0 aromatic rings. The molecular formula is C15H32N2O2S. The van der Waals surface area contributed by atoms with Crippen molar-refractivity contribution in [3.05, 3.63) is 0 Å². The van der Waals surface area contributed by atoms with Crippen LogP contribution in [0.3, 0.4) is 0 Å². The standard InChI is InChI=1S/C15H32N2O2S/c1-4-11-17(20(18,19)12-14(2)3)15(13-16)9-7-5-6-8-10-15/h14H,4-13,16H2,1-3H3. The summed E-state index contributed by atoms with van der Waals surface area (Å²) in [5, 5.41) is 0. The number of rotatable bonds is 7. The summed E-state index contributed by atoms with van der Waals surface area (Å²) < 4.78 is 27.3. The molecule has 0 bridgehead atoms. The summed E-state index contributed by atoms with van der Waals surface area (Å²) in [6, 6.07) is 0. The number of sulfonamides is 1. The van der Waals surface area contributed by atoms with E-state index in [4.69, 9.17) is 5.73 Å². The van der Waals surface area contributed by atoms with Crippen LogP contribution in [0.2, 0.25) is 0 Å². The van der Waals surface area contributed by atoms with E-state index in [9.17, 15) is 8.42 Å². The summed E-state index contributed by atoms with van der Waals surface area (Å²) in [7, 11) is -3.22. The Morgan fingerprint density at radius 1 is 1.15 bits per heavy atom. The van der Waals surface area contributed by atoms with Gasteiger partial charge >= 0.3 is 0 Å². The van der Waals surface area contributed by atoms with Crippen molar-refractivity contribution in [2.24, 2.45) is 11.7 Å². The Balaban J connectivity index is 3.07. The Kier molecular flexibility index (Phi) is 6.95. The Hall–Kier alpha value is -0.130. The summed E-state index contributed by atoms with van der Waals surface area (Å²) in [5.41, 5.74) is 5.73. The van der Waals surface area contributed by atoms with Gasteiger partial charge in [-0.05, 0) is 25.2 Å². The Morgan fingerprint density at radius 2 is 1.70 bits per heavy atom. The van der Waals surface area contributed by atoms with Crippen LogP contribution in [0.1, 0.15) is 65.7 Å². The second kappa shape index (κ2) is 7.76. The fraction of sp³-hybridized carbons (Fsp3) is 1.00. The minimum Gasteiger partial charge on any atom is -0.329 e. The van der Waals surface area contributed by atoms with E-state index < -0.39 is 10.0 Å². The Morgan fingerprint density at radius 3 is 2.10 bits per heavy atom. The second-order valence-electron chi connectivity index (χ2n) is 6.59. The Bertz CT molecular complexity index is 371. The summed E-state index contributed by atoms with van der Waals surface area (Å²) in [6.45, 7) is 7.02. The maximum Gasteiger partial charge on any atom is 0.214 e. The van der Waals surface area contributed by atoms with Crippen LogP contribution in [0.15, 0.2) is 0 Å². The minimum absolute atomic E-state index is 0.153. The number of hydrogen-bond acceptors (Lipinski definition) is 3. The molecule has 1 saturated carbocycles. The molecule has 0 heterocycles. The van der Waals surface area contributed by atoms with Crippen LogP contribution in [-0.2, 0) is 10.0 Å². The molecule has 0 saturated heterocycles. The first-order valence-electron chi connectivity index (χ1n) is 8.08. The van der Waals surface area contributed by atoms with Crippen LogP contribution in [0.25, 0.3) is 0 Å². The molecular weight excluding hydrogens is 272 g/mol. The monoisotopic (exact) mass is 304 g/mol. The van der Waals surface area contributed by atoms with E-state index in [-0.39, 0.29) is 17.2 Å². The van der Waals surface area contributed by atoms with E-state index in [0.29, 0.717) is 13.1 Å². The smallest absolute Gasteiger partial charge is 0.214 e. The molecule has 0 aromatic heterocycles. The van der Waals surface area contributed by atoms with Gasteiger partial charge in [0.25, 0.3) is 0 Å². The van der Waals surface area contributed by atoms with Gasteiger partial charge in [-0.1, -0.05) is 46.5 Å². The number of nitrogens with two attached hydrogens (primary N) is 1. The molecule has 0 amide bonds. The van der Waals surface area contributed by atoms with Gasteiger partial charge in [0.2, 0.25) is 10.0 Å². The molecule has 0 radical (unpaired) electrons. The van der Waals surface area contributed by atoms with Gasteiger partial charge in [-0.2, -0.15) is 4.31 Å². The van der Waals surface area contributed by atoms with Crippen LogP contribution < -0.4 is 5.73 Å². The maximum absolute atomic E-state index is 12.8. The van der Waals surface area contributed by atoms with E-state index >= 15 is 0 Å². The first kappa shape index (κ1) is 17.9. The van der Waals surface area contributed by atoms with Crippen LogP contribution in [-0.4, -0.2) is 37.1 Å². The van der Waals surface area contributed by atoms with E-state index in [2.05, 4.69) is 0 Å². The average Bonchev–Trinajstić information content (AvgIpc) is 2.60. The van der Waals surface area contributed by atoms with Gasteiger partial charge in [-0.15, -0.1) is 0 Å². The topological polar surface area (TPSA) is 63.4 Å². The molecule has 1 aliphatic carbocycles. The zero-order valence-electron chi connectivity index (χ0n) is 13.4. The Labute approximate surface area is 125 Å². The third-order valence-electron chi connectivity index (χ3n) is 4.25. The van der Waals surface area contributed by atoms with Gasteiger partial charge in [-0.25, -0.2) is 8.42 Å². The van der Waals surface area contributed by atoms with Crippen molar-refractivity contribution >= 4 is 10.0 Å². The molecule has 4 nitrogen and oxygen atoms in total. The summed E-state index contributed by atoms with van der Waals surface area (Å²) in [6.07, 6.45) is 7.27. The lowest BCUT2D eigenvalue weighted by molar-refractivity contribution is 0.167. The van der Waals surface area contributed by atoms with Crippen molar-refractivity contribution in [1.82, 2.24) is 4.31 Å². The molecule has 120 valence electrons. The van der Waals surface area contributed by atoms with Crippen LogP contribution in [0.4, 0.5) is 0 Å². The number of nitrogens with zero attached hydrogens (tertiary/aromatic N) is 1. The molecule has 0 atom stereocenters. The molecule has 1 fully saturated rings. The van der Waals surface area contributed by atoms with Gasteiger partial charge in [0, 0.05) is 18.6 Å². The van der Waals surface area contributed by atoms with Crippen molar-refractivity contribution in [2.45, 2.75) is 71.3 Å². The van der Waals surface area contributed by atoms with Crippen molar-refractivity contribution in [2.75, 3.05) is 18.8 Å². The van der Waals surface area contributed by atoms with E-state index in [0.717, 1.165) is 32.1 Å². The maximum atomic E-state index is 12.8. The molecule has 1 rings (SSSR count). The van der Waals surface area contributed by atoms with Gasteiger partial charge in [-0.3, -0.25) is 0 Å². The number of hydrogen-bond donors (Lipinski definition) is 1. The molecule has 20 heavy (non-hydrogen) atoms. The van der Waals surface area contributed by atoms with Gasteiger partial charge in [0.1, 0.15) is 0 Å². The van der Waals surface area contributed by atoms with E-state index in [1.807, 2.05) is 20.8 Å². The predicted molar refractivity (Wildman–Crippen MR) is 85.1 cm³/mol. The second-order valence-corrected chi connectivity index (χ2v) is 8.53. The normalized spacial score (nSPS) is 20.3. The fourth-order valence-electron chi connectivity index (χ4n) is 3.33. The third kappa shape index (κ3) is 4.43. The van der Waals surface area contributed by atoms with Crippen molar-refractivity contribution in [3.63, 3.8) is 0 Å². The van der Waals surface area contributed by atoms with Crippen LogP contribution >= 0.6 is 0 Å². The lowest BCUT2D eigenvalue weighted by atomic mass is 9.90. The first-order valence-corrected chi connectivity index (χ1v) is 9.69. The molecule has 0 spiro atoms. The van der Waals surface area contributed by atoms with Crippen molar-refractivity contribution < 1.29 is 8.42 Å². The third-order valence-corrected chi connectivity index (χ3v) is 6.58. The highest BCUT2D eigenvalue weighted by Crippen LogP contribution is 2.34. The predicted octanol–water partition coefficient (Wildman–Crippen LogP) is 2.74. The van der Waals surface area contributed by atoms with Crippen LogP contribution in [0.5, 0.6) is 0 Å². The highest BCUT2D eigenvalue weighted by Gasteiger charge is 2.41. The average molecular weight is 305 g/mol. The molecule has 1 aliphatic rings. The lowest BCUT2D eigenvalue weighted by Crippen LogP contribution is -2.57. The zero-order chi connectivity index (χ0) is 15.2. The van der Waals surface area contributed by atoms with Crippen molar-refractivity contribution in [1.29, 1.82) is 0 Å². The summed E-state index contributed by atoms with van der Waals surface area (Å²) in [4.78, 5) is 0. The molecule has 0 unspecified atom stereocenters. The zero-order valence-corrected chi connectivity index (χ0v) is 14.2. The SMILES string of the molecule is CCCN(C1(CN)CCCCCC1)S(=O)(=O)CC(C)C. The molecule has 5 heteroatoms. The molecule has 0 aromatic carbocycles. The van der Waals surface area contributed by atoms with E-state index in [1.54, 1.807) is 4.31 Å². The molecule has 2 N–H and O–H groups in total. The first-order chi connectivity index (χ1) is 9.38. The summed E-state index contributed by atoms with van der Waals surface area (Å²) in [5.74, 6) is 0.384. The van der Waals surface area contributed by atoms with Gasteiger partial charge in [0.05, 0.1) is 5.75 Å². The van der Waals surface area contributed by atoms with E-state index in [1.165, 1.54) is 12.8 Å².